The van der Waals surface area contributed by atoms with Crippen molar-refractivity contribution in [2.24, 2.45) is 5.92 Å². The number of rotatable bonds is 7. The zero-order valence-corrected chi connectivity index (χ0v) is 19.2. The van der Waals surface area contributed by atoms with Crippen LogP contribution in [0.5, 0.6) is 0 Å². The molecule has 27 heavy (non-hydrogen) atoms. The van der Waals surface area contributed by atoms with Crippen molar-refractivity contribution in [3.8, 4) is 0 Å². The Kier molecular flexibility index (Phi) is 7.14. The first-order valence-electron chi connectivity index (χ1n) is 9.23. The summed E-state index contributed by atoms with van der Waals surface area (Å²) in [5, 5.41) is 3.88. The molecule has 0 saturated heterocycles. The van der Waals surface area contributed by atoms with Crippen LogP contribution in [0, 0.1) is 5.92 Å². The minimum absolute atomic E-state index is 0.0481. The molecule has 1 aromatic carbocycles. The van der Waals surface area contributed by atoms with Gasteiger partial charge in [0.2, 0.25) is 5.91 Å². The summed E-state index contributed by atoms with van der Waals surface area (Å²) >= 11 is 4.75. The molecular weight excluding hydrogens is 426 g/mol. The molecule has 0 bridgehead atoms. The molecule has 1 atom stereocenters. The third kappa shape index (κ3) is 5.57. The number of aromatic nitrogens is 2. The van der Waals surface area contributed by atoms with E-state index in [1.165, 1.54) is 11.8 Å². The lowest BCUT2D eigenvalue weighted by Gasteiger charge is -2.26. The minimum Gasteiger partial charge on any atom is -0.350 e. The second-order valence-electron chi connectivity index (χ2n) is 7.85. The zero-order chi connectivity index (χ0) is 20.4. The molecule has 1 heterocycles. The first-order chi connectivity index (χ1) is 12.5. The summed E-state index contributed by atoms with van der Waals surface area (Å²) < 4.78 is 2.54. The molecule has 7 heteroatoms. The highest BCUT2D eigenvalue weighted by molar-refractivity contribution is 9.10. The smallest absolute Gasteiger partial charge is 0.262 e. The fourth-order valence-electron chi connectivity index (χ4n) is 2.52. The fourth-order valence-corrected chi connectivity index (χ4v) is 3.80. The molecule has 1 amide bonds. The second-order valence-corrected chi connectivity index (χ2v) is 10.1. The predicted octanol–water partition coefficient (Wildman–Crippen LogP) is 4.60. The first-order valence-corrected chi connectivity index (χ1v) is 10.9. The molecule has 0 aliphatic heterocycles. The van der Waals surface area contributed by atoms with Gasteiger partial charge in [0.25, 0.3) is 5.56 Å². The normalized spacial score (nSPS) is 13.2. The van der Waals surface area contributed by atoms with Crippen molar-refractivity contribution in [1.29, 1.82) is 0 Å². The number of benzene rings is 1. The van der Waals surface area contributed by atoms with E-state index >= 15 is 0 Å². The maximum Gasteiger partial charge on any atom is 0.262 e. The van der Waals surface area contributed by atoms with Gasteiger partial charge >= 0.3 is 0 Å². The van der Waals surface area contributed by atoms with Crippen molar-refractivity contribution in [3.63, 3.8) is 0 Å². The second kappa shape index (κ2) is 8.78. The molecule has 0 radical (unpaired) electrons. The molecule has 0 fully saturated rings. The average Bonchev–Trinajstić information content (AvgIpc) is 2.58. The Morgan fingerprint density at radius 3 is 2.59 bits per heavy atom. The quantitative estimate of drug-likeness (QED) is 0.491. The summed E-state index contributed by atoms with van der Waals surface area (Å²) in [6.45, 7) is 12.6. The fraction of sp³-hybridized carbons (Fsp3) is 0.550. The molecule has 2 aromatic rings. The number of halogens is 1. The molecule has 0 aliphatic rings. The Morgan fingerprint density at radius 2 is 2.00 bits per heavy atom. The van der Waals surface area contributed by atoms with Crippen LogP contribution >= 0.6 is 27.7 Å². The minimum atomic E-state index is -0.353. The van der Waals surface area contributed by atoms with Crippen LogP contribution in [0.25, 0.3) is 10.9 Å². The number of hydrogen-bond donors (Lipinski definition) is 1. The van der Waals surface area contributed by atoms with Crippen LogP contribution < -0.4 is 10.9 Å². The van der Waals surface area contributed by atoms with Gasteiger partial charge in [-0.2, -0.15) is 0 Å². The maximum atomic E-state index is 13.1. The molecule has 1 N–H and O–H groups in total. The van der Waals surface area contributed by atoms with Crippen molar-refractivity contribution in [1.82, 2.24) is 14.9 Å². The number of carbonyl (C=O) groups is 1. The van der Waals surface area contributed by atoms with Crippen LogP contribution in [0.1, 0.15) is 48.0 Å². The van der Waals surface area contributed by atoms with E-state index in [4.69, 9.17) is 4.98 Å². The summed E-state index contributed by atoms with van der Waals surface area (Å²) in [6.07, 6.45) is 0.845. The summed E-state index contributed by atoms with van der Waals surface area (Å²) in [5.74, 6) is 0.240. The maximum absolute atomic E-state index is 13.1. The van der Waals surface area contributed by atoms with Crippen molar-refractivity contribution >= 4 is 44.5 Å². The van der Waals surface area contributed by atoms with Crippen LogP contribution in [-0.2, 0) is 11.3 Å². The molecule has 5 nitrogen and oxygen atoms in total. The summed E-state index contributed by atoms with van der Waals surface area (Å²) in [4.78, 5) is 30.3. The van der Waals surface area contributed by atoms with Crippen LogP contribution in [0.2, 0.25) is 0 Å². The summed E-state index contributed by atoms with van der Waals surface area (Å²) in [6, 6.07) is 5.50. The number of thioether (sulfide) groups is 1. The number of amides is 1. The predicted molar refractivity (Wildman–Crippen MR) is 116 cm³/mol. The number of fused-ring (bicyclic) bond motifs is 1. The highest BCUT2D eigenvalue weighted by Gasteiger charge is 2.24. The zero-order valence-electron chi connectivity index (χ0n) is 16.8. The van der Waals surface area contributed by atoms with Gasteiger partial charge in [-0.05, 0) is 51.3 Å². The molecule has 148 valence electrons. The Balaban J connectivity index is 2.42. The van der Waals surface area contributed by atoms with Gasteiger partial charge in [0.05, 0.1) is 16.2 Å². The topological polar surface area (TPSA) is 64.0 Å². The van der Waals surface area contributed by atoms with E-state index in [1.807, 2.05) is 39.8 Å². The van der Waals surface area contributed by atoms with E-state index in [-0.39, 0.29) is 28.2 Å². The first kappa shape index (κ1) is 22.0. The average molecular weight is 454 g/mol. The number of hydrogen-bond acceptors (Lipinski definition) is 4. The van der Waals surface area contributed by atoms with Gasteiger partial charge in [0.1, 0.15) is 0 Å². The summed E-state index contributed by atoms with van der Waals surface area (Å²) in [7, 11) is 0. The lowest BCUT2D eigenvalue weighted by atomic mass is 10.0. The Hall–Kier alpha value is -1.34. The van der Waals surface area contributed by atoms with Crippen LogP contribution in [-0.4, -0.2) is 26.2 Å². The highest BCUT2D eigenvalue weighted by Crippen LogP contribution is 2.25. The van der Waals surface area contributed by atoms with E-state index in [0.29, 0.717) is 22.6 Å². The van der Waals surface area contributed by atoms with Crippen molar-refractivity contribution in [2.75, 3.05) is 0 Å². The van der Waals surface area contributed by atoms with E-state index in [1.54, 1.807) is 10.6 Å². The summed E-state index contributed by atoms with van der Waals surface area (Å²) in [5.41, 5.74) is 0.318. The van der Waals surface area contributed by atoms with Gasteiger partial charge in [0, 0.05) is 16.6 Å². The lowest BCUT2D eigenvalue weighted by molar-refractivity contribution is -0.121. The third-order valence-corrected chi connectivity index (χ3v) is 6.01. The van der Waals surface area contributed by atoms with Gasteiger partial charge in [-0.25, -0.2) is 4.98 Å². The van der Waals surface area contributed by atoms with Gasteiger partial charge in [-0.1, -0.05) is 48.5 Å². The Bertz CT molecular complexity index is 893. The van der Waals surface area contributed by atoms with Gasteiger partial charge in [-0.15, -0.1) is 0 Å². The molecule has 0 aliphatic carbocycles. The monoisotopic (exact) mass is 453 g/mol. The van der Waals surface area contributed by atoms with Gasteiger partial charge in [0.15, 0.2) is 5.16 Å². The van der Waals surface area contributed by atoms with Crippen molar-refractivity contribution in [2.45, 2.75) is 70.5 Å². The molecule has 1 aromatic heterocycles. The Morgan fingerprint density at radius 1 is 1.33 bits per heavy atom. The van der Waals surface area contributed by atoms with E-state index in [2.05, 4.69) is 35.1 Å². The van der Waals surface area contributed by atoms with Gasteiger partial charge in [-0.3, -0.25) is 14.2 Å². The molecule has 2 rings (SSSR count). The third-order valence-electron chi connectivity index (χ3n) is 4.43. The Labute approximate surface area is 173 Å². The van der Waals surface area contributed by atoms with Crippen LogP contribution in [0.3, 0.4) is 0 Å². The number of carbonyl (C=O) groups excluding carboxylic acids is 1. The largest absolute Gasteiger partial charge is 0.350 e. The lowest BCUT2D eigenvalue weighted by Crippen LogP contribution is -2.46. The number of nitrogens with zero attached hydrogens (tertiary/aromatic N) is 2. The van der Waals surface area contributed by atoms with Crippen molar-refractivity contribution in [3.05, 3.63) is 33.0 Å². The molecule has 1 unspecified atom stereocenters. The van der Waals surface area contributed by atoms with Crippen LogP contribution in [0.15, 0.2) is 32.6 Å². The van der Waals surface area contributed by atoms with Gasteiger partial charge < -0.3 is 5.32 Å². The SMILES string of the molecule is CCC(C)(C)NC(=O)C(C)Sc1nc2ccc(Br)cc2c(=O)n1CC(C)C. The van der Waals surface area contributed by atoms with E-state index < -0.39 is 0 Å². The van der Waals surface area contributed by atoms with Crippen molar-refractivity contribution < 1.29 is 4.79 Å². The highest BCUT2D eigenvalue weighted by atomic mass is 79.9. The molecule has 0 spiro atoms. The van der Waals surface area contributed by atoms with E-state index in [0.717, 1.165) is 10.9 Å². The van der Waals surface area contributed by atoms with E-state index in [9.17, 15) is 9.59 Å². The molecular formula is C20H28BrN3O2S. The standard InChI is InChI=1S/C20H28BrN3O2S/c1-7-20(5,6)23-17(25)13(4)27-19-22-16-9-8-14(21)10-15(16)18(26)24(19)11-12(2)3/h8-10,12-13H,7,11H2,1-6H3,(H,23,25). The number of nitrogens with one attached hydrogen (secondary N) is 1. The van der Waals surface area contributed by atoms with Crippen LogP contribution in [0.4, 0.5) is 0 Å². The molecule has 0 saturated carbocycles.